The molecule has 1 aliphatic heterocycles. The molecule has 1 heterocycles. The topological polar surface area (TPSA) is 3.24 Å². The number of hydrogen-bond acceptors (Lipinski definition) is 1. The first-order chi connectivity index (χ1) is 38.0. The van der Waals surface area contributed by atoms with Crippen molar-refractivity contribution in [1.82, 2.24) is 0 Å². The number of hydrogen-bond donors (Lipinski definition) is 0. The van der Waals surface area contributed by atoms with E-state index in [1.807, 2.05) is 0 Å². The van der Waals surface area contributed by atoms with E-state index in [0.29, 0.717) is 0 Å². The molecule has 1 aliphatic rings. The van der Waals surface area contributed by atoms with E-state index in [0.717, 1.165) is 39.3 Å². The third kappa shape index (κ3) is 9.11. The van der Waals surface area contributed by atoms with Crippen molar-refractivity contribution in [2.75, 3.05) is 4.90 Å². The van der Waals surface area contributed by atoms with Crippen LogP contribution in [0.25, 0.3) is 66.8 Å². The number of anilines is 3. The molecule has 0 bridgehead atoms. The summed E-state index contributed by atoms with van der Waals surface area (Å²) in [5.41, 5.74) is 27.5. The van der Waals surface area contributed by atoms with Crippen molar-refractivity contribution in [3.05, 3.63) is 308 Å². The van der Waals surface area contributed by atoms with Crippen LogP contribution in [0.4, 0.5) is 17.1 Å². The molecule has 0 unspecified atom stereocenters. The molecule has 12 aromatic rings. The number of benzene rings is 12. The Hall–Kier alpha value is -9.43. The number of rotatable bonds is 9. The van der Waals surface area contributed by atoms with E-state index >= 15 is 0 Å². The summed E-state index contributed by atoms with van der Waals surface area (Å²) in [5.74, 6) is 0. The van der Waals surface area contributed by atoms with E-state index in [9.17, 15) is 0 Å². The van der Waals surface area contributed by atoms with Crippen LogP contribution in [0.1, 0.15) is 11.1 Å². The summed E-state index contributed by atoms with van der Waals surface area (Å²) in [6, 6.07) is 111. The minimum atomic E-state index is -0.162. The molecule has 0 aromatic heterocycles. The van der Waals surface area contributed by atoms with Gasteiger partial charge >= 0.3 is 0 Å². The fourth-order valence-electron chi connectivity index (χ4n) is 12.1. The second-order valence-corrected chi connectivity index (χ2v) is 20.5. The predicted molar refractivity (Wildman–Crippen MR) is 332 cm³/mol. The molecule has 0 saturated heterocycles. The van der Waals surface area contributed by atoms with Crippen LogP contribution in [-0.2, 0) is 0 Å². The average Bonchev–Trinajstić information content (AvgIpc) is 3.50. The van der Waals surface area contributed by atoms with E-state index in [1.54, 1.807) is 0 Å². The Morgan fingerprint density at radius 3 is 1.08 bits per heavy atom. The van der Waals surface area contributed by atoms with Crippen molar-refractivity contribution in [2.24, 2.45) is 0 Å². The first kappa shape index (κ1) is 47.3. The molecule has 0 atom stereocenters. The van der Waals surface area contributed by atoms with E-state index in [2.05, 4.69) is 316 Å². The summed E-state index contributed by atoms with van der Waals surface area (Å²) in [7, 11) is 0. The van der Waals surface area contributed by atoms with Gasteiger partial charge in [0.25, 0.3) is 0 Å². The fraction of sp³-hybridized carbons (Fsp3) is 0.0270. The average molecular weight is 980 g/mol. The summed E-state index contributed by atoms with van der Waals surface area (Å²) >= 11 is 0. The Morgan fingerprint density at radius 2 is 0.623 bits per heavy atom. The lowest BCUT2D eigenvalue weighted by Crippen LogP contribution is -2.57. The zero-order valence-electron chi connectivity index (χ0n) is 43.4. The zero-order chi connectivity index (χ0) is 51.7. The van der Waals surface area contributed by atoms with Gasteiger partial charge in [0, 0.05) is 16.8 Å². The predicted octanol–water partition coefficient (Wildman–Crippen LogP) is 15.1. The highest BCUT2D eigenvalue weighted by Gasteiger charge is 2.35. The molecule has 0 radical (unpaired) electrons. The molecule has 362 valence electrons. The summed E-state index contributed by atoms with van der Waals surface area (Å²) in [4.78, 5) is 2.55. The van der Waals surface area contributed by atoms with Crippen LogP contribution in [0.15, 0.2) is 297 Å². The van der Waals surface area contributed by atoms with Crippen LogP contribution in [0.2, 0.25) is 0 Å². The summed E-state index contributed by atoms with van der Waals surface area (Å²) in [6.07, 6.45) is 0. The van der Waals surface area contributed by atoms with E-state index < -0.39 is 0 Å². The molecular weight excluding hydrogens is 924 g/mol. The smallest absolute Gasteiger partial charge is 0.243 e. The van der Waals surface area contributed by atoms with Crippen molar-refractivity contribution >= 4 is 63.3 Å². The molecule has 0 amide bonds. The van der Waals surface area contributed by atoms with Crippen LogP contribution in [0.5, 0.6) is 0 Å². The summed E-state index contributed by atoms with van der Waals surface area (Å²) < 4.78 is 0. The summed E-state index contributed by atoms with van der Waals surface area (Å²) in [5, 5.41) is 0. The van der Waals surface area contributed by atoms with Gasteiger partial charge in [-0.25, -0.2) is 0 Å². The number of aryl methyl sites for hydroxylation is 2. The van der Waals surface area contributed by atoms with Crippen LogP contribution >= 0.6 is 0 Å². The van der Waals surface area contributed by atoms with Gasteiger partial charge in [0.05, 0.1) is 11.4 Å². The van der Waals surface area contributed by atoms with Crippen molar-refractivity contribution in [1.29, 1.82) is 0 Å². The second kappa shape index (κ2) is 20.7. The number of fused-ring (bicyclic) bond motifs is 6. The second-order valence-electron chi connectivity index (χ2n) is 20.5. The monoisotopic (exact) mass is 979 g/mol. The lowest BCUT2D eigenvalue weighted by Gasteiger charge is -2.34. The van der Waals surface area contributed by atoms with Gasteiger partial charge in [-0.3, -0.25) is 0 Å². The molecule has 0 spiro atoms. The van der Waals surface area contributed by atoms with Crippen LogP contribution in [-0.4, -0.2) is 13.4 Å². The Labute approximate surface area is 454 Å². The molecule has 12 aromatic carbocycles. The quantitative estimate of drug-likeness (QED) is 0.130. The first-order valence-corrected chi connectivity index (χ1v) is 26.9. The van der Waals surface area contributed by atoms with Gasteiger partial charge in [0.15, 0.2) is 0 Å². The molecule has 0 aliphatic carbocycles. The Bertz CT molecular complexity index is 3970. The highest BCUT2D eigenvalue weighted by atomic mass is 15.1. The lowest BCUT2D eigenvalue weighted by molar-refractivity contribution is 1.28. The van der Waals surface area contributed by atoms with Gasteiger partial charge in [-0.2, -0.15) is 0 Å². The maximum Gasteiger partial charge on any atom is 0.243 e. The molecule has 77 heavy (non-hydrogen) atoms. The van der Waals surface area contributed by atoms with Crippen LogP contribution < -0.4 is 37.7 Å². The highest BCUT2D eigenvalue weighted by Crippen LogP contribution is 2.48. The largest absolute Gasteiger partial charge is 0.309 e. The standard InChI is InChI=1S/C74H55B2N/c1-52-22-21-23-53(2)74(52)76-70-44-38-59(55-26-11-4-12-27-55)48-66(70)68-49-60(56-28-13-5-14-29-56)39-46-72(68)77(65-42-36-58(37-43-65)54-24-9-3-10-25-54)73-47-40-61(57-30-15-6-16-31-57)50-69(73)67-51-64(41-45-71(67)76)75(62-32-17-7-18-33-62)63-34-19-8-20-35-63/h3-51H,1-2H3. The molecule has 13 rings (SSSR count). The molecular formula is C74H55B2N. The first-order valence-electron chi connectivity index (χ1n) is 26.9. The van der Waals surface area contributed by atoms with Crippen LogP contribution in [0, 0.1) is 13.8 Å². The normalized spacial score (nSPS) is 11.7. The van der Waals surface area contributed by atoms with E-state index in [1.165, 1.54) is 88.4 Å². The van der Waals surface area contributed by atoms with E-state index in [4.69, 9.17) is 0 Å². The Kier molecular flexibility index (Phi) is 12.7. The third-order valence-corrected chi connectivity index (χ3v) is 15.8. The molecule has 1 nitrogen and oxygen atoms in total. The molecule has 3 heteroatoms. The third-order valence-electron chi connectivity index (χ3n) is 15.8. The fourth-order valence-corrected chi connectivity index (χ4v) is 12.1. The molecule has 0 N–H and O–H groups in total. The lowest BCUT2D eigenvalue weighted by atomic mass is 9.32. The molecule has 0 saturated carbocycles. The van der Waals surface area contributed by atoms with Gasteiger partial charge < -0.3 is 4.90 Å². The number of nitrogens with zero attached hydrogens (tertiary/aromatic N) is 1. The van der Waals surface area contributed by atoms with Crippen molar-refractivity contribution in [2.45, 2.75) is 13.8 Å². The van der Waals surface area contributed by atoms with Gasteiger partial charge in [0.2, 0.25) is 13.4 Å². The van der Waals surface area contributed by atoms with Crippen LogP contribution in [0.3, 0.4) is 0 Å². The zero-order valence-corrected chi connectivity index (χ0v) is 43.4. The van der Waals surface area contributed by atoms with Gasteiger partial charge in [-0.05, 0) is 112 Å². The minimum absolute atomic E-state index is 0.0167. The summed E-state index contributed by atoms with van der Waals surface area (Å²) in [6.45, 7) is 4.43. The molecule has 0 fully saturated rings. The van der Waals surface area contributed by atoms with Crippen molar-refractivity contribution in [3.8, 4) is 66.8 Å². The maximum atomic E-state index is 2.55. The Balaban J connectivity index is 1.20. The van der Waals surface area contributed by atoms with Gasteiger partial charge in [0.1, 0.15) is 0 Å². The van der Waals surface area contributed by atoms with E-state index in [-0.39, 0.29) is 13.4 Å². The maximum absolute atomic E-state index is 2.55. The SMILES string of the molecule is Cc1cccc(C)c1B1c2ccc(B(c3ccccc3)c3ccccc3)cc2-c2cc(-c3ccccc3)ccc2N(c2ccc(-c3ccccc3)cc2)c2ccc(-c3ccccc3)cc2-c2cc(-c3ccccc3)ccc21. The van der Waals surface area contributed by atoms with Crippen molar-refractivity contribution in [3.63, 3.8) is 0 Å². The van der Waals surface area contributed by atoms with Gasteiger partial charge in [-0.15, -0.1) is 0 Å². The van der Waals surface area contributed by atoms with Crippen molar-refractivity contribution < 1.29 is 0 Å². The van der Waals surface area contributed by atoms with Gasteiger partial charge in [-0.1, -0.05) is 299 Å². The Morgan fingerprint density at radius 1 is 0.273 bits per heavy atom. The minimum Gasteiger partial charge on any atom is -0.309 e. The highest BCUT2D eigenvalue weighted by molar-refractivity contribution is 6.98.